The highest BCUT2D eigenvalue weighted by Crippen LogP contribution is 2.35. The van der Waals surface area contributed by atoms with Crippen LogP contribution in [-0.4, -0.2) is 63.1 Å². The molecule has 0 radical (unpaired) electrons. The maximum Gasteiger partial charge on any atom is 0.362 e. The van der Waals surface area contributed by atoms with Crippen molar-refractivity contribution >= 4 is 11.8 Å². The molecule has 8 nitrogen and oxygen atoms in total. The number of amides is 1. The van der Waals surface area contributed by atoms with Crippen LogP contribution in [0.4, 0.5) is 4.79 Å². The Balaban J connectivity index is 1.76. The van der Waals surface area contributed by atoms with Gasteiger partial charge in [0.25, 0.3) is 0 Å². The van der Waals surface area contributed by atoms with Gasteiger partial charge in [0.05, 0.1) is 13.2 Å². The lowest BCUT2D eigenvalue weighted by Crippen LogP contribution is -2.43. The third kappa shape index (κ3) is 2.14. The molecule has 1 N–H and O–H groups in total. The van der Waals surface area contributed by atoms with Gasteiger partial charge < -0.3 is 14.7 Å². The van der Waals surface area contributed by atoms with E-state index < -0.39 is 11.9 Å². The maximum absolute atomic E-state index is 12.5. The fraction of sp³-hybridized carbons (Fsp3) is 0.333. The molecule has 4 rings (SSSR count). The highest BCUT2D eigenvalue weighted by Gasteiger charge is 2.36. The number of ether oxygens (including phenoxy) is 1. The zero-order chi connectivity index (χ0) is 16.0. The van der Waals surface area contributed by atoms with Gasteiger partial charge in [0.1, 0.15) is 11.4 Å². The van der Waals surface area contributed by atoms with Crippen molar-refractivity contribution in [1.29, 1.82) is 0 Å². The SMILES string of the molecule is O=C1c2ccccc2-c2nn(C(=O)N3CCOCC3)nc2C1O. The Labute approximate surface area is 131 Å². The molecule has 0 bridgehead atoms. The van der Waals surface area contributed by atoms with Crippen molar-refractivity contribution in [3.63, 3.8) is 0 Å². The van der Waals surface area contributed by atoms with Gasteiger partial charge in [-0.2, -0.15) is 0 Å². The fourth-order valence-electron chi connectivity index (χ4n) is 2.84. The average Bonchev–Trinajstić information content (AvgIpc) is 3.05. The van der Waals surface area contributed by atoms with E-state index in [1.54, 1.807) is 29.2 Å². The van der Waals surface area contributed by atoms with Crippen molar-refractivity contribution in [2.24, 2.45) is 0 Å². The standard InChI is InChI=1S/C15H14N4O4/c20-13-10-4-2-1-3-9(10)11-12(14(13)21)17-19(16-11)15(22)18-5-7-23-8-6-18/h1-4,14,21H,5-8H2. The number of hydrogen-bond acceptors (Lipinski definition) is 6. The van der Waals surface area contributed by atoms with Gasteiger partial charge >= 0.3 is 6.03 Å². The lowest BCUT2D eigenvalue weighted by atomic mass is 9.89. The number of rotatable bonds is 0. The minimum absolute atomic E-state index is 0.121. The third-order valence-electron chi connectivity index (χ3n) is 4.05. The summed E-state index contributed by atoms with van der Waals surface area (Å²) >= 11 is 0. The Morgan fingerprint density at radius 2 is 1.87 bits per heavy atom. The van der Waals surface area contributed by atoms with Crippen LogP contribution in [0, 0.1) is 0 Å². The summed E-state index contributed by atoms with van der Waals surface area (Å²) in [6.45, 7) is 1.86. The van der Waals surface area contributed by atoms with E-state index in [1.165, 1.54) is 0 Å². The van der Waals surface area contributed by atoms with Crippen LogP contribution in [0.2, 0.25) is 0 Å². The average molecular weight is 314 g/mol. The third-order valence-corrected chi connectivity index (χ3v) is 4.05. The molecule has 1 aliphatic heterocycles. The van der Waals surface area contributed by atoms with E-state index in [4.69, 9.17) is 4.74 Å². The van der Waals surface area contributed by atoms with Crippen molar-refractivity contribution in [3.05, 3.63) is 35.5 Å². The number of Topliss-reactive ketones (excluding diaryl/α,β-unsaturated/α-hetero) is 1. The van der Waals surface area contributed by atoms with Crippen LogP contribution in [-0.2, 0) is 4.74 Å². The number of aromatic nitrogens is 3. The number of hydrogen-bond donors (Lipinski definition) is 1. The van der Waals surface area contributed by atoms with Crippen molar-refractivity contribution in [1.82, 2.24) is 19.9 Å². The van der Waals surface area contributed by atoms with Gasteiger partial charge in [-0.1, -0.05) is 29.1 Å². The second kappa shape index (κ2) is 5.25. The van der Waals surface area contributed by atoms with Gasteiger partial charge in [0.2, 0.25) is 0 Å². The summed E-state index contributed by atoms with van der Waals surface area (Å²) in [5.41, 5.74) is 1.46. The molecule has 1 aromatic heterocycles. The van der Waals surface area contributed by atoms with Crippen molar-refractivity contribution in [2.75, 3.05) is 26.3 Å². The number of ketones is 1. The molecule has 1 unspecified atom stereocenters. The van der Waals surface area contributed by atoms with Gasteiger partial charge in [-0.3, -0.25) is 4.79 Å². The smallest absolute Gasteiger partial charge is 0.362 e. The van der Waals surface area contributed by atoms with Gasteiger partial charge in [0.15, 0.2) is 11.9 Å². The molecule has 1 amide bonds. The first-order chi connectivity index (χ1) is 11.2. The summed E-state index contributed by atoms with van der Waals surface area (Å²) in [6, 6.07) is 6.47. The summed E-state index contributed by atoms with van der Waals surface area (Å²) in [7, 11) is 0. The zero-order valence-corrected chi connectivity index (χ0v) is 12.2. The summed E-state index contributed by atoms with van der Waals surface area (Å²) in [6.07, 6.45) is -1.40. The highest BCUT2D eigenvalue weighted by molar-refractivity contribution is 6.08. The molecular formula is C15H14N4O4. The first-order valence-electron chi connectivity index (χ1n) is 7.33. The van der Waals surface area contributed by atoms with E-state index in [2.05, 4.69) is 10.2 Å². The van der Waals surface area contributed by atoms with E-state index in [0.717, 1.165) is 4.80 Å². The minimum Gasteiger partial charge on any atom is -0.378 e. The van der Waals surface area contributed by atoms with Crippen molar-refractivity contribution < 1.29 is 19.4 Å². The molecule has 0 spiro atoms. The Hall–Kier alpha value is -2.58. The summed E-state index contributed by atoms with van der Waals surface area (Å²) in [5, 5.41) is 18.4. The van der Waals surface area contributed by atoms with E-state index in [-0.39, 0.29) is 11.7 Å². The molecule has 0 saturated carbocycles. The summed E-state index contributed by atoms with van der Waals surface area (Å²) < 4.78 is 5.22. The van der Waals surface area contributed by atoms with E-state index in [0.29, 0.717) is 43.1 Å². The monoisotopic (exact) mass is 314 g/mol. The maximum atomic E-state index is 12.5. The molecule has 23 heavy (non-hydrogen) atoms. The summed E-state index contributed by atoms with van der Waals surface area (Å²) in [4.78, 5) is 27.2. The van der Waals surface area contributed by atoms with Crippen LogP contribution < -0.4 is 0 Å². The molecular weight excluding hydrogens is 300 g/mol. The number of morpholine rings is 1. The number of nitrogens with zero attached hydrogens (tertiary/aromatic N) is 4. The van der Waals surface area contributed by atoms with E-state index >= 15 is 0 Å². The molecule has 1 saturated heterocycles. The zero-order valence-electron chi connectivity index (χ0n) is 12.2. The van der Waals surface area contributed by atoms with E-state index in [9.17, 15) is 14.7 Å². The van der Waals surface area contributed by atoms with Crippen LogP contribution >= 0.6 is 0 Å². The van der Waals surface area contributed by atoms with E-state index in [1.807, 2.05) is 0 Å². The Kier molecular flexibility index (Phi) is 3.21. The molecule has 1 aliphatic carbocycles. The molecule has 2 aromatic rings. The van der Waals surface area contributed by atoms with Gasteiger partial charge in [-0.25, -0.2) is 4.79 Å². The quantitative estimate of drug-likeness (QED) is 0.759. The molecule has 118 valence electrons. The summed E-state index contributed by atoms with van der Waals surface area (Å²) in [5.74, 6) is -0.432. The number of fused-ring (bicyclic) bond motifs is 3. The van der Waals surface area contributed by atoms with Crippen LogP contribution in [0.1, 0.15) is 22.2 Å². The van der Waals surface area contributed by atoms with Crippen molar-refractivity contribution in [3.8, 4) is 11.3 Å². The van der Waals surface area contributed by atoms with Gasteiger partial charge in [0, 0.05) is 24.2 Å². The second-order valence-corrected chi connectivity index (χ2v) is 5.42. The van der Waals surface area contributed by atoms with Crippen LogP contribution in [0.25, 0.3) is 11.3 Å². The van der Waals surface area contributed by atoms with Crippen LogP contribution in [0.5, 0.6) is 0 Å². The Bertz CT molecular complexity index is 795. The number of carbonyl (C=O) groups excluding carboxylic acids is 2. The number of benzene rings is 1. The molecule has 1 atom stereocenters. The predicted octanol–water partition coefficient (Wildman–Crippen LogP) is 0.475. The molecule has 2 aliphatic rings. The second-order valence-electron chi connectivity index (χ2n) is 5.42. The number of aliphatic hydroxyl groups excluding tert-OH is 1. The normalized spacial score (nSPS) is 20.1. The first-order valence-corrected chi connectivity index (χ1v) is 7.33. The lowest BCUT2D eigenvalue weighted by Gasteiger charge is -2.25. The van der Waals surface area contributed by atoms with Gasteiger partial charge in [-0.15, -0.1) is 10.2 Å². The molecule has 2 heterocycles. The fourth-order valence-corrected chi connectivity index (χ4v) is 2.84. The molecule has 1 fully saturated rings. The number of carbonyl (C=O) groups is 2. The minimum atomic E-state index is -1.40. The number of aliphatic hydroxyl groups is 1. The Morgan fingerprint density at radius 3 is 2.61 bits per heavy atom. The van der Waals surface area contributed by atoms with Gasteiger partial charge in [-0.05, 0) is 0 Å². The van der Waals surface area contributed by atoms with Crippen molar-refractivity contribution in [2.45, 2.75) is 6.10 Å². The molecule has 8 heteroatoms. The topological polar surface area (TPSA) is 97.6 Å². The highest BCUT2D eigenvalue weighted by atomic mass is 16.5. The first kappa shape index (κ1) is 14.0. The lowest BCUT2D eigenvalue weighted by molar-refractivity contribution is 0.0519. The largest absolute Gasteiger partial charge is 0.378 e. The predicted molar refractivity (Wildman–Crippen MR) is 77.9 cm³/mol. The van der Waals surface area contributed by atoms with Crippen LogP contribution in [0.3, 0.4) is 0 Å². The Morgan fingerprint density at radius 1 is 1.17 bits per heavy atom. The molecule has 1 aromatic carbocycles. The van der Waals surface area contributed by atoms with Crippen LogP contribution in [0.15, 0.2) is 24.3 Å².